The van der Waals surface area contributed by atoms with Crippen molar-refractivity contribution in [2.75, 3.05) is 0 Å². The molecule has 2 rings (SSSR count). The summed E-state index contributed by atoms with van der Waals surface area (Å²) >= 11 is 0. The maximum atomic E-state index is 11.5. The molecule has 3 atom stereocenters. The molecular formula is C16H24O2. The summed E-state index contributed by atoms with van der Waals surface area (Å²) in [6.07, 6.45) is 10.0. The Kier molecular flexibility index (Phi) is 4.26. The van der Waals surface area contributed by atoms with Gasteiger partial charge in [-0.25, -0.2) is 4.79 Å². The van der Waals surface area contributed by atoms with Gasteiger partial charge in [-0.15, -0.1) is 0 Å². The van der Waals surface area contributed by atoms with Crippen molar-refractivity contribution in [2.24, 2.45) is 17.8 Å². The predicted octanol–water partition coefficient (Wildman–Crippen LogP) is 3.88. The van der Waals surface area contributed by atoms with Gasteiger partial charge in [-0.3, -0.25) is 0 Å². The fraction of sp³-hybridized carbons (Fsp3) is 0.688. The van der Waals surface area contributed by atoms with E-state index in [0.29, 0.717) is 11.8 Å². The second-order valence-corrected chi connectivity index (χ2v) is 6.04. The quantitative estimate of drug-likeness (QED) is 0.429. The van der Waals surface area contributed by atoms with Crippen LogP contribution in [-0.4, -0.2) is 12.1 Å². The Bertz CT molecular complexity index is 354. The third-order valence-electron chi connectivity index (χ3n) is 4.21. The first-order valence-corrected chi connectivity index (χ1v) is 7.12. The summed E-state index contributed by atoms with van der Waals surface area (Å²) < 4.78 is 5.56. The minimum atomic E-state index is -0.289. The summed E-state index contributed by atoms with van der Waals surface area (Å²) in [5, 5.41) is 0. The lowest BCUT2D eigenvalue weighted by molar-refractivity contribution is -0.148. The van der Waals surface area contributed by atoms with Gasteiger partial charge in [0.1, 0.15) is 6.10 Å². The van der Waals surface area contributed by atoms with Crippen LogP contribution in [0, 0.1) is 17.8 Å². The molecule has 0 N–H and O–H groups in total. The van der Waals surface area contributed by atoms with Crippen LogP contribution in [0.5, 0.6) is 0 Å². The molecule has 2 bridgehead atoms. The van der Waals surface area contributed by atoms with Crippen LogP contribution in [0.3, 0.4) is 0 Å². The number of esters is 1. The predicted molar refractivity (Wildman–Crippen MR) is 73.1 cm³/mol. The summed E-state index contributed by atoms with van der Waals surface area (Å²) in [4.78, 5) is 11.5. The Hall–Kier alpha value is -1.05. The standard InChI is InChI=1S/C16H24O2/c1-4-15(17)18-16(11(2)3)14-9-12-6-5-7-13(8-12)10-14/h4,9,11,13-14,16H,1,5-8,10H2,2-3H3. The van der Waals surface area contributed by atoms with Gasteiger partial charge in [-0.05, 0) is 43.9 Å². The first-order chi connectivity index (χ1) is 8.60. The SMILES string of the molecule is C=CC(=O)OC(C(C)C)C1C=C2CCCC(C2)C1. The van der Waals surface area contributed by atoms with Crippen molar-refractivity contribution in [3.05, 3.63) is 24.3 Å². The van der Waals surface area contributed by atoms with E-state index in [9.17, 15) is 4.79 Å². The molecule has 0 spiro atoms. The Morgan fingerprint density at radius 2 is 2.33 bits per heavy atom. The van der Waals surface area contributed by atoms with Crippen molar-refractivity contribution in [3.63, 3.8) is 0 Å². The van der Waals surface area contributed by atoms with E-state index in [1.165, 1.54) is 38.2 Å². The molecule has 3 unspecified atom stereocenters. The van der Waals surface area contributed by atoms with Crippen molar-refractivity contribution in [2.45, 2.75) is 52.1 Å². The van der Waals surface area contributed by atoms with Crippen LogP contribution < -0.4 is 0 Å². The van der Waals surface area contributed by atoms with Gasteiger partial charge in [-0.2, -0.15) is 0 Å². The maximum absolute atomic E-state index is 11.5. The molecule has 2 aliphatic rings. The van der Waals surface area contributed by atoms with E-state index >= 15 is 0 Å². The van der Waals surface area contributed by atoms with Crippen molar-refractivity contribution in [3.8, 4) is 0 Å². The summed E-state index contributed by atoms with van der Waals surface area (Å²) in [5.74, 6) is 1.28. The lowest BCUT2D eigenvalue weighted by Crippen LogP contribution is -2.34. The van der Waals surface area contributed by atoms with Gasteiger partial charge in [0.2, 0.25) is 0 Å². The third kappa shape index (κ3) is 3.04. The van der Waals surface area contributed by atoms with Gasteiger partial charge in [0.15, 0.2) is 0 Å². The Balaban J connectivity index is 2.11. The normalized spacial score (nSPS) is 28.5. The second kappa shape index (κ2) is 5.73. The lowest BCUT2D eigenvalue weighted by atomic mass is 9.71. The molecule has 0 amide bonds. The monoisotopic (exact) mass is 248 g/mol. The first kappa shape index (κ1) is 13.4. The van der Waals surface area contributed by atoms with Crippen LogP contribution in [0.4, 0.5) is 0 Å². The van der Waals surface area contributed by atoms with Crippen LogP contribution >= 0.6 is 0 Å². The zero-order valence-electron chi connectivity index (χ0n) is 11.5. The highest BCUT2D eigenvalue weighted by Crippen LogP contribution is 2.41. The highest BCUT2D eigenvalue weighted by Gasteiger charge is 2.33. The van der Waals surface area contributed by atoms with Crippen LogP contribution in [0.1, 0.15) is 46.0 Å². The fourth-order valence-corrected chi connectivity index (χ4v) is 3.43. The summed E-state index contributed by atoms with van der Waals surface area (Å²) in [5.41, 5.74) is 1.59. The van der Waals surface area contributed by atoms with Crippen molar-refractivity contribution in [1.82, 2.24) is 0 Å². The van der Waals surface area contributed by atoms with Gasteiger partial charge < -0.3 is 4.74 Å². The van der Waals surface area contributed by atoms with E-state index < -0.39 is 0 Å². The topological polar surface area (TPSA) is 26.3 Å². The summed E-state index contributed by atoms with van der Waals surface area (Å²) in [6, 6.07) is 0. The van der Waals surface area contributed by atoms with Crippen LogP contribution in [-0.2, 0) is 9.53 Å². The number of allylic oxidation sites excluding steroid dienone is 1. The van der Waals surface area contributed by atoms with Gasteiger partial charge in [0.25, 0.3) is 0 Å². The number of carbonyl (C=O) groups is 1. The number of rotatable bonds is 4. The number of ether oxygens (including phenoxy) is 1. The average molecular weight is 248 g/mol. The largest absolute Gasteiger partial charge is 0.458 e. The van der Waals surface area contributed by atoms with E-state index in [0.717, 1.165) is 5.92 Å². The van der Waals surface area contributed by atoms with E-state index in [4.69, 9.17) is 4.74 Å². The minimum absolute atomic E-state index is 0.00593. The molecule has 0 aromatic heterocycles. The van der Waals surface area contributed by atoms with Gasteiger partial charge >= 0.3 is 5.97 Å². The minimum Gasteiger partial charge on any atom is -0.458 e. The van der Waals surface area contributed by atoms with E-state index in [2.05, 4.69) is 26.5 Å². The first-order valence-electron chi connectivity index (χ1n) is 7.12. The molecular weight excluding hydrogens is 224 g/mol. The molecule has 1 fully saturated rings. The van der Waals surface area contributed by atoms with Crippen LogP contribution in [0.15, 0.2) is 24.3 Å². The zero-order valence-corrected chi connectivity index (χ0v) is 11.5. The molecule has 0 saturated heterocycles. The Morgan fingerprint density at radius 1 is 1.56 bits per heavy atom. The van der Waals surface area contributed by atoms with E-state index in [-0.39, 0.29) is 12.1 Å². The van der Waals surface area contributed by atoms with Crippen molar-refractivity contribution >= 4 is 5.97 Å². The molecule has 2 heteroatoms. The molecule has 100 valence electrons. The molecule has 18 heavy (non-hydrogen) atoms. The summed E-state index contributed by atoms with van der Waals surface area (Å²) in [7, 11) is 0. The highest BCUT2D eigenvalue weighted by molar-refractivity contribution is 5.81. The number of hydrogen-bond acceptors (Lipinski definition) is 2. The molecule has 0 aromatic carbocycles. The number of fused-ring (bicyclic) bond motifs is 2. The van der Waals surface area contributed by atoms with Gasteiger partial charge in [0.05, 0.1) is 0 Å². The number of hydrogen-bond donors (Lipinski definition) is 0. The van der Waals surface area contributed by atoms with Crippen LogP contribution in [0.2, 0.25) is 0 Å². The van der Waals surface area contributed by atoms with Gasteiger partial charge in [-0.1, -0.05) is 32.1 Å². The molecule has 0 radical (unpaired) electrons. The van der Waals surface area contributed by atoms with E-state index in [1.54, 1.807) is 5.57 Å². The lowest BCUT2D eigenvalue weighted by Gasteiger charge is -2.37. The molecule has 2 nitrogen and oxygen atoms in total. The van der Waals surface area contributed by atoms with Crippen molar-refractivity contribution < 1.29 is 9.53 Å². The molecule has 0 aliphatic heterocycles. The fourth-order valence-electron chi connectivity index (χ4n) is 3.43. The molecule has 0 heterocycles. The molecule has 2 aliphatic carbocycles. The van der Waals surface area contributed by atoms with Crippen LogP contribution in [0.25, 0.3) is 0 Å². The highest BCUT2D eigenvalue weighted by atomic mass is 16.5. The smallest absolute Gasteiger partial charge is 0.330 e. The Morgan fingerprint density at radius 3 is 2.94 bits per heavy atom. The third-order valence-corrected chi connectivity index (χ3v) is 4.21. The second-order valence-electron chi connectivity index (χ2n) is 6.04. The Labute approximate surface area is 110 Å². The average Bonchev–Trinajstić information content (AvgIpc) is 2.34. The molecule has 0 aromatic rings. The zero-order chi connectivity index (χ0) is 13.1. The molecule has 1 saturated carbocycles. The van der Waals surface area contributed by atoms with E-state index in [1.807, 2.05) is 0 Å². The summed E-state index contributed by atoms with van der Waals surface area (Å²) in [6.45, 7) is 7.74. The maximum Gasteiger partial charge on any atom is 0.330 e. The van der Waals surface area contributed by atoms with Gasteiger partial charge in [0, 0.05) is 12.0 Å². The number of carbonyl (C=O) groups excluding carboxylic acids is 1. The van der Waals surface area contributed by atoms with Crippen molar-refractivity contribution in [1.29, 1.82) is 0 Å².